The zero-order chi connectivity index (χ0) is 25.4. The molecule has 33 heavy (non-hydrogen) atoms. The highest BCUT2D eigenvalue weighted by Gasteiger charge is 2.60. The Bertz CT molecular complexity index is 866. The minimum Gasteiger partial charge on any atom is -0.464 e. The first-order valence-electron chi connectivity index (χ1n) is 12.8. The molecule has 2 rings (SSSR count). The molecule has 0 heterocycles. The Hall–Kier alpha value is -1.67. The molecule has 0 aromatic rings. The van der Waals surface area contributed by atoms with Gasteiger partial charge < -0.3 is 4.74 Å². The third kappa shape index (κ3) is 4.40. The number of hydrogen-bond acceptors (Lipinski definition) is 4. The number of Topliss-reactive ketones (excluding diaryl/α,β-unsaturated/α-hetero) is 1. The maximum atomic E-state index is 14.3. The molecule has 184 valence electrons. The van der Waals surface area contributed by atoms with Crippen LogP contribution in [0.5, 0.6) is 0 Å². The Morgan fingerprint density at radius 1 is 1.18 bits per heavy atom. The molecule has 0 spiro atoms. The summed E-state index contributed by atoms with van der Waals surface area (Å²) in [6, 6.07) is 2.22. The van der Waals surface area contributed by atoms with Crippen LogP contribution < -0.4 is 0 Å². The van der Waals surface area contributed by atoms with Gasteiger partial charge in [-0.3, -0.25) is 4.79 Å². The molecule has 2 atom stereocenters. The second kappa shape index (κ2) is 9.90. The number of ketones is 1. The molecular weight excluding hydrogens is 426 g/mol. The van der Waals surface area contributed by atoms with Crippen molar-refractivity contribution in [3.05, 3.63) is 22.4 Å². The van der Waals surface area contributed by atoms with E-state index < -0.39 is 19.5 Å². The van der Waals surface area contributed by atoms with Crippen molar-refractivity contribution in [3.8, 4) is 6.07 Å². The van der Waals surface area contributed by atoms with Crippen LogP contribution in [0.1, 0.15) is 94.9 Å². The van der Waals surface area contributed by atoms with Crippen LogP contribution in [0.2, 0.25) is 16.6 Å². The van der Waals surface area contributed by atoms with E-state index in [0.717, 1.165) is 24.5 Å². The van der Waals surface area contributed by atoms with E-state index >= 15 is 0 Å². The second-order valence-corrected chi connectivity index (χ2v) is 17.7. The van der Waals surface area contributed by atoms with Gasteiger partial charge in [0.2, 0.25) is 5.41 Å². The number of esters is 1. The largest absolute Gasteiger partial charge is 0.464 e. The molecular formula is C28H45NO3Si. The number of ether oxygens (including phenoxy) is 1. The molecule has 0 aromatic heterocycles. The van der Waals surface area contributed by atoms with Crippen molar-refractivity contribution in [2.75, 3.05) is 6.61 Å². The zero-order valence-corrected chi connectivity index (χ0v) is 23.6. The van der Waals surface area contributed by atoms with Gasteiger partial charge in [0, 0.05) is 5.92 Å². The fourth-order valence-electron chi connectivity index (χ4n) is 7.48. The zero-order valence-electron chi connectivity index (χ0n) is 22.6. The van der Waals surface area contributed by atoms with Crippen LogP contribution in [-0.4, -0.2) is 26.4 Å². The van der Waals surface area contributed by atoms with E-state index in [0.29, 0.717) is 16.6 Å². The van der Waals surface area contributed by atoms with Gasteiger partial charge in [0.25, 0.3) is 0 Å². The summed E-state index contributed by atoms with van der Waals surface area (Å²) in [4.78, 5) is 27.6. The van der Waals surface area contributed by atoms with Crippen LogP contribution in [0.3, 0.4) is 0 Å². The highest BCUT2D eigenvalue weighted by atomic mass is 28.3. The Kier molecular flexibility index (Phi) is 8.27. The topological polar surface area (TPSA) is 67.2 Å². The monoisotopic (exact) mass is 471 g/mol. The standard InChI is InChI=1S/C28H45NO3Si/c1-11-32-26(31)28(17-29)16-22(24-21(8)13-12-14-27(24,9)10)15-23(25(28)30)33(18(2)3,19(4)5)20(6)7/h15,18-20,22H,11-14,16H2,1-10H3. The highest BCUT2D eigenvalue weighted by molar-refractivity contribution is 6.93. The summed E-state index contributed by atoms with van der Waals surface area (Å²) in [5.41, 5.74) is 1.80. The van der Waals surface area contributed by atoms with Gasteiger partial charge in [-0.25, -0.2) is 4.79 Å². The SMILES string of the molecule is CCOC(=O)C1(C#N)CC(C2=C(C)CCCC2(C)C)C=C([Si](C(C)C)(C(C)C)C(C)C)C1=O. The minimum atomic E-state index is -2.41. The summed E-state index contributed by atoms with van der Waals surface area (Å²) in [5.74, 6) is -1.05. The van der Waals surface area contributed by atoms with Crippen LogP contribution in [-0.2, 0) is 14.3 Å². The Morgan fingerprint density at radius 2 is 1.73 bits per heavy atom. The summed E-state index contributed by atoms with van der Waals surface area (Å²) in [5, 5.41) is 11.2. The normalized spacial score (nSPS) is 26.0. The van der Waals surface area contributed by atoms with Crippen molar-refractivity contribution >= 4 is 19.8 Å². The molecule has 0 aromatic carbocycles. The molecule has 0 radical (unpaired) electrons. The summed E-state index contributed by atoms with van der Waals surface area (Å²) in [6.45, 7) is 21.9. The molecule has 0 saturated heterocycles. The molecule has 0 amide bonds. The van der Waals surface area contributed by atoms with Gasteiger partial charge in [-0.05, 0) is 66.8 Å². The van der Waals surface area contributed by atoms with Gasteiger partial charge in [0.15, 0.2) is 5.78 Å². The molecule has 0 fully saturated rings. The van der Waals surface area contributed by atoms with Crippen LogP contribution in [0.25, 0.3) is 0 Å². The van der Waals surface area contributed by atoms with Crippen molar-refractivity contribution in [2.45, 2.75) is 112 Å². The number of rotatable bonds is 7. The number of nitriles is 1. The summed E-state index contributed by atoms with van der Waals surface area (Å²) >= 11 is 0. The quantitative estimate of drug-likeness (QED) is 0.169. The lowest BCUT2D eigenvalue weighted by Crippen LogP contribution is -2.56. The fourth-order valence-corrected chi connectivity index (χ4v) is 14.4. The number of carbonyl (C=O) groups excluding carboxylic acids is 2. The van der Waals surface area contributed by atoms with Gasteiger partial charge in [0.05, 0.1) is 20.7 Å². The molecule has 0 saturated carbocycles. The van der Waals surface area contributed by atoms with E-state index in [1.54, 1.807) is 6.92 Å². The maximum absolute atomic E-state index is 14.3. The van der Waals surface area contributed by atoms with Gasteiger partial charge in [-0.15, -0.1) is 0 Å². The maximum Gasteiger partial charge on any atom is 0.334 e. The lowest BCUT2D eigenvalue weighted by molar-refractivity contribution is -0.156. The Morgan fingerprint density at radius 3 is 2.15 bits per heavy atom. The van der Waals surface area contributed by atoms with Crippen molar-refractivity contribution in [3.63, 3.8) is 0 Å². The molecule has 2 unspecified atom stereocenters. The molecule has 4 nitrogen and oxygen atoms in total. The van der Waals surface area contributed by atoms with Crippen LogP contribution >= 0.6 is 0 Å². The number of carbonyl (C=O) groups is 2. The number of nitrogens with zero attached hydrogens (tertiary/aromatic N) is 1. The lowest BCUT2D eigenvalue weighted by atomic mass is 9.62. The molecule has 0 aliphatic heterocycles. The van der Waals surface area contributed by atoms with Crippen LogP contribution in [0.15, 0.2) is 22.4 Å². The minimum absolute atomic E-state index is 0.0252. The number of allylic oxidation sites excluding steroid dienone is 4. The predicted molar refractivity (Wildman–Crippen MR) is 137 cm³/mol. The van der Waals surface area contributed by atoms with E-state index in [1.807, 2.05) is 0 Å². The predicted octanol–water partition coefficient (Wildman–Crippen LogP) is 7.32. The number of hydrogen-bond donors (Lipinski definition) is 0. The van der Waals surface area contributed by atoms with Crippen molar-refractivity contribution in [1.29, 1.82) is 5.26 Å². The fraction of sp³-hybridized carbons (Fsp3) is 0.750. The Labute approximate surface area is 202 Å². The Balaban J connectivity index is 2.93. The molecule has 0 N–H and O–H groups in total. The lowest BCUT2D eigenvalue weighted by Gasteiger charge is -2.49. The third-order valence-corrected chi connectivity index (χ3v) is 15.6. The first-order chi connectivity index (χ1) is 15.2. The van der Waals surface area contributed by atoms with E-state index in [9.17, 15) is 14.9 Å². The molecule has 0 bridgehead atoms. The first kappa shape index (κ1) is 27.6. The summed E-state index contributed by atoms with van der Waals surface area (Å²) in [7, 11) is -2.41. The van der Waals surface area contributed by atoms with Crippen molar-refractivity contribution < 1.29 is 14.3 Å². The summed E-state index contributed by atoms with van der Waals surface area (Å²) in [6.07, 6.45) is 5.67. The van der Waals surface area contributed by atoms with E-state index in [-0.39, 0.29) is 30.1 Å². The van der Waals surface area contributed by atoms with Crippen molar-refractivity contribution in [1.82, 2.24) is 0 Å². The summed E-state index contributed by atoms with van der Waals surface area (Å²) < 4.78 is 5.39. The van der Waals surface area contributed by atoms with E-state index in [2.05, 4.69) is 74.5 Å². The second-order valence-electron chi connectivity index (χ2n) is 11.8. The smallest absolute Gasteiger partial charge is 0.334 e. The van der Waals surface area contributed by atoms with Crippen molar-refractivity contribution in [2.24, 2.45) is 16.7 Å². The first-order valence-corrected chi connectivity index (χ1v) is 15.0. The van der Waals surface area contributed by atoms with Gasteiger partial charge in [-0.1, -0.05) is 72.6 Å². The van der Waals surface area contributed by atoms with Crippen LogP contribution in [0.4, 0.5) is 0 Å². The molecule has 2 aliphatic rings. The van der Waals surface area contributed by atoms with Gasteiger partial charge in [0.1, 0.15) is 0 Å². The average Bonchev–Trinajstić information content (AvgIpc) is 2.69. The molecule has 2 aliphatic carbocycles. The van der Waals surface area contributed by atoms with Gasteiger partial charge in [-0.2, -0.15) is 5.26 Å². The van der Waals surface area contributed by atoms with E-state index in [4.69, 9.17) is 4.74 Å². The highest BCUT2D eigenvalue weighted by Crippen LogP contribution is 2.55. The average molecular weight is 472 g/mol. The van der Waals surface area contributed by atoms with Crippen LogP contribution in [0, 0.1) is 28.1 Å². The molecule has 5 heteroatoms. The van der Waals surface area contributed by atoms with Gasteiger partial charge >= 0.3 is 5.97 Å². The van der Waals surface area contributed by atoms with E-state index in [1.165, 1.54) is 11.1 Å². The third-order valence-electron chi connectivity index (χ3n) is 8.59.